The first-order chi connectivity index (χ1) is 16.9. The van der Waals surface area contributed by atoms with Crippen LogP contribution in [0.5, 0.6) is 0 Å². The molecule has 15 heteroatoms. The minimum Gasteiger partial charge on any atom is -0.465 e. The zero-order chi connectivity index (χ0) is 26.0. The van der Waals surface area contributed by atoms with Crippen molar-refractivity contribution in [2.24, 2.45) is 0 Å². The summed E-state index contributed by atoms with van der Waals surface area (Å²) in [7, 11) is 0. The van der Waals surface area contributed by atoms with Crippen LogP contribution in [0.15, 0.2) is 28.1 Å². The number of thiazole rings is 1. The average Bonchev–Trinajstić information content (AvgIpc) is 3.46. The molecule has 3 aromatic rings. The van der Waals surface area contributed by atoms with Gasteiger partial charge in [-0.25, -0.2) is 9.78 Å². The third-order valence-corrected chi connectivity index (χ3v) is 6.97. The number of benzene rings is 1. The molecule has 3 saturated heterocycles. The molecule has 0 radical (unpaired) electrons. The Hall–Kier alpha value is -3.33. The van der Waals surface area contributed by atoms with Crippen molar-refractivity contribution in [1.29, 1.82) is 0 Å². The molecule has 1 aromatic carbocycles. The first-order valence-electron chi connectivity index (χ1n) is 10.6. The lowest BCUT2D eigenvalue weighted by Crippen LogP contribution is -2.70. The van der Waals surface area contributed by atoms with Crippen molar-refractivity contribution in [3.8, 4) is 10.6 Å². The Morgan fingerprint density at radius 1 is 1.22 bits per heavy atom. The molecule has 3 unspecified atom stereocenters. The molecule has 9 nitrogen and oxygen atoms in total. The number of fused-ring (bicyclic) bond motifs is 3. The smallest absolute Gasteiger partial charge is 0.419 e. The number of anilines is 1. The van der Waals surface area contributed by atoms with Crippen LogP contribution >= 0.6 is 11.3 Å². The molecule has 0 spiro atoms. The number of piperidine rings is 1. The van der Waals surface area contributed by atoms with Gasteiger partial charge in [-0.15, -0.1) is 11.3 Å². The fourth-order valence-electron chi connectivity index (χ4n) is 4.50. The molecule has 3 aliphatic rings. The number of hydrogen-bond acceptors (Lipinski definition) is 8. The fraction of sp³-hybridized carbons (Fsp3) is 0.429. The molecule has 5 heterocycles. The van der Waals surface area contributed by atoms with Crippen LogP contribution in [0.2, 0.25) is 0 Å². The van der Waals surface area contributed by atoms with E-state index in [1.54, 1.807) is 10.3 Å². The maximum atomic E-state index is 14.0. The van der Waals surface area contributed by atoms with Crippen LogP contribution in [0.1, 0.15) is 25.0 Å². The Bertz CT molecular complexity index is 1320. The third-order valence-electron chi connectivity index (χ3n) is 6.17. The van der Waals surface area contributed by atoms with E-state index in [4.69, 9.17) is 4.42 Å². The monoisotopic (exact) mass is 532 g/mol. The Morgan fingerprint density at radius 2 is 1.92 bits per heavy atom. The second-order valence-electron chi connectivity index (χ2n) is 8.46. The predicted molar refractivity (Wildman–Crippen MR) is 115 cm³/mol. The van der Waals surface area contributed by atoms with E-state index in [1.165, 1.54) is 28.5 Å². The van der Waals surface area contributed by atoms with E-state index < -0.39 is 35.8 Å². The van der Waals surface area contributed by atoms with Gasteiger partial charge in [0.05, 0.1) is 17.6 Å². The van der Waals surface area contributed by atoms with Crippen molar-refractivity contribution in [3.63, 3.8) is 0 Å². The van der Waals surface area contributed by atoms with Gasteiger partial charge in [0.25, 0.3) is 6.01 Å². The summed E-state index contributed by atoms with van der Waals surface area (Å²) < 4.78 is 79.6. The van der Waals surface area contributed by atoms with Crippen LogP contribution in [-0.4, -0.2) is 69.3 Å². The summed E-state index contributed by atoms with van der Waals surface area (Å²) in [6, 6.07) is 1.41. The summed E-state index contributed by atoms with van der Waals surface area (Å²) in [6.07, 6.45) is -12.2. The van der Waals surface area contributed by atoms with Crippen molar-refractivity contribution < 1.29 is 45.8 Å². The van der Waals surface area contributed by atoms with Crippen molar-refractivity contribution >= 4 is 40.3 Å². The summed E-state index contributed by atoms with van der Waals surface area (Å²) >= 11 is 1.18. The molecule has 3 aliphatic heterocycles. The number of oxazole rings is 1. The Balaban J connectivity index is 1.61. The van der Waals surface area contributed by atoms with Crippen LogP contribution in [0, 0.1) is 0 Å². The van der Waals surface area contributed by atoms with Crippen molar-refractivity contribution in [3.05, 3.63) is 29.3 Å². The van der Waals surface area contributed by atoms with Crippen molar-refractivity contribution in [1.82, 2.24) is 14.9 Å². The lowest BCUT2D eigenvalue weighted by Gasteiger charge is -2.54. The largest absolute Gasteiger partial charge is 0.465 e. The lowest BCUT2D eigenvalue weighted by molar-refractivity contribution is -0.312. The molecule has 192 valence electrons. The minimum absolute atomic E-state index is 0.0887. The van der Waals surface area contributed by atoms with Crippen molar-refractivity contribution in [2.75, 3.05) is 18.0 Å². The van der Waals surface area contributed by atoms with E-state index in [2.05, 4.69) is 14.7 Å². The molecule has 0 saturated carbocycles. The van der Waals surface area contributed by atoms with Gasteiger partial charge in [0.1, 0.15) is 10.5 Å². The molecule has 6 rings (SSSR count). The SMILES string of the molecule is CC(=O)C(F)(F)OC(c1ccc(-c2nccs2)c2oc(N3CC4CC(C3)N4C(=O)O)nc12)C(F)(F)F. The molecular weight excluding hydrogens is 515 g/mol. The summed E-state index contributed by atoms with van der Waals surface area (Å²) in [5.41, 5.74) is -0.983. The van der Waals surface area contributed by atoms with Gasteiger partial charge in [-0.05, 0) is 12.5 Å². The number of hydrogen-bond donors (Lipinski definition) is 1. The third kappa shape index (κ3) is 4.05. The highest BCUT2D eigenvalue weighted by Gasteiger charge is 2.52. The molecule has 1 N–H and O–H groups in total. The minimum atomic E-state index is -5.32. The van der Waals surface area contributed by atoms with E-state index in [9.17, 15) is 36.6 Å². The number of ether oxygens (including phenoxy) is 1. The number of piperazine rings is 1. The van der Waals surface area contributed by atoms with Crippen molar-refractivity contribution in [2.45, 2.75) is 43.8 Å². The maximum Gasteiger partial charge on any atom is 0.419 e. The van der Waals surface area contributed by atoms with Crippen LogP contribution < -0.4 is 4.90 Å². The van der Waals surface area contributed by atoms with Gasteiger partial charge in [0.2, 0.25) is 5.78 Å². The summed E-state index contributed by atoms with van der Waals surface area (Å²) in [4.78, 5) is 33.8. The maximum absolute atomic E-state index is 14.0. The van der Waals surface area contributed by atoms with Gasteiger partial charge in [0, 0.05) is 37.2 Å². The quantitative estimate of drug-likeness (QED) is 0.456. The predicted octanol–water partition coefficient (Wildman–Crippen LogP) is 4.69. The number of rotatable bonds is 6. The van der Waals surface area contributed by atoms with E-state index in [-0.39, 0.29) is 47.9 Å². The molecule has 0 aliphatic carbocycles. The molecular formula is C21H17F5N4O5S. The van der Waals surface area contributed by atoms with Gasteiger partial charge in [0.15, 0.2) is 11.7 Å². The molecule has 3 atom stereocenters. The fourth-order valence-corrected chi connectivity index (χ4v) is 5.16. The molecule has 1 amide bonds. The van der Waals surface area contributed by atoms with Gasteiger partial charge >= 0.3 is 18.4 Å². The van der Waals surface area contributed by atoms with E-state index in [0.29, 0.717) is 18.4 Å². The Kier molecular flexibility index (Phi) is 5.66. The zero-order valence-corrected chi connectivity index (χ0v) is 19.1. The average molecular weight is 532 g/mol. The van der Waals surface area contributed by atoms with Gasteiger partial charge in [-0.3, -0.25) is 14.4 Å². The highest BCUT2D eigenvalue weighted by molar-refractivity contribution is 7.13. The van der Waals surface area contributed by atoms with Crippen LogP contribution in [-0.2, 0) is 9.53 Å². The Labute approximate surface area is 203 Å². The number of ketones is 1. The van der Waals surface area contributed by atoms with Crippen LogP contribution in [0.4, 0.5) is 32.8 Å². The summed E-state index contributed by atoms with van der Waals surface area (Å²) in [6.45, 7) is 0.809. The van der Waals surface area contributed by atoms with E-state index in [0.717, 1.165) is 6.07 Å². The second-order valence-corrected chi connectivity index (χ2v) is 9.36. The lowest BCUT2D eigenvalue weighted by atomic mass is 9.88. The van der Waals surface area contributed by atoms with E-state index in [1.807, 2.05) is 0 Å². The topological polar surface area (TPSA) is 109 Å². The van der Waals surface area contributed by atoms with E-state index >= 15 is 0 Å². The number of carbonyl (C=O) groups is 2. The van der Waals surface area contributed by atoms with Gasteiger partial charge in [-0.1, -0.05) is 6.07 Å². The molecule has 2 bridgehead atoms. The summed E-state index contributed by atoms with van der Waals surface area (Å²) in [5.74, 6) is -1.89. The highest BCUT2D eigenvalue weighted by Crippen LogP contribution is 2.45. The first kappa shape index (κ1) is 24.4. The van der Waals surface area contributed by atoms with Crippen LogP contribution in [0.25, 0.3) is 21.7 Å². The number of alkyl halides is 5. The number of aromatic nitrogens is 2. The molecule has 3 fully saturated rings. The van der Waals surface area contributed by atoms with Gasteiger partial charge < -0.3 is 14.4 Å². The van der Waals surface area contributed by atoms with Crippen LogP contribution in [0.3, 0.4) is 0 Å². The normalized spacial score (nSPS) is 20.9. The standard InChI is InChI=1S/C21H17F5N4O5S/c1-9(31)21(25,26)35-16(20(22,23)24)12-2-3-13(17-27-4-5-36-17)15-14(12)28-18(34-15)29-7-10-6-11(8-29)30(10)19(32)33/h2-5,10-11,16H,6-8H2,1H3,(H,32,33). The molecule has 36 heavy (non-hydrogen) atoms. The highest BCUT2D eigenvalue weighted by atomic mass is 32.1. The number of amides is 1. The second kappa shape index (κ2) is 8.37. The summed E-state index contributed by atoms with van der Waals surface area (Å²) in [5, 5.41) is 11.3. The number of halogens is 5. The number of carbonyl (C=O) groups excluding carboxylic acids is 1. The number of nitrogens with zero attached hydrogens (tertiary/aromatic N) is 4. The van der Waals surface area contributed by atoms with Gasteiger partial charge in [-0.2, -0.15) is 26.9 Å². The number of carboxylic acid groups (broad SMARTS) is 1. The first-order valence-corrected chi connectivity index (χ1v) is 11.5. The Morgan fingerprint density at radius 3 is 2.47 bits per heavy atom. The zero-order valence-electron chi connectivity index (χ0n) is 18.3. The number of Topliss-reactive ketones (excluding diaryl/α,β-unsaturated/α-hetero) is 1. The molecule has 2 aromatic heterocycles.